The van der Waals surface area contributed by atoms with Gasteiger partial charge in [0.15, 0.2) is 0 Å². The third-order valence-corrected chi connectivity index (χ3v) is 1.79. The number of amides is 1. The standard InChI is InChI=1S/C9H20N2O2/c1-3-4-8(10)5-9(13)11-7(2)6-12/h7-8,12H,3-6,10H2,1-2H3,(H,11,13)/t7-,8?/m1/s1. The molecule has 0 radical (unpaired) electrons. The fraction of sp³-hybridized carbons (Fsp3) is 0.889. The third-order valence-electron chi connectivity index (χ3n) is 1.79. The molecule has 2 atom stereocenters. The van der Waals surface area contributed by atoms with E-state index in [4.69, 9.17) is 10.8 Å². The Morgan fingerprint density at radius 1 is 1.62 bits per heavy atom. The number of nitrogens with one attached hydrogen (secondary N) is 1. The van der Waals surface area contributed by atoms with Crippen molar-refractivity contribution in [1.82, 2.24) is 5.32 Å². The highest BCUT2D eigenvalue weighted by Gasteiger charge is 2.10. The maximum absolute atomic E-state index is 11.2. The first-order valence-electron chi connectivity index (χ1n) is 4.76. The molecule has 0 aliphatic carbocycles. The van der Waals surface area contributed by atoms with Crippen molar-refractivity contribution in [2.75, 3.05) is 6.61 Å². The molecule has 0 aromatic carbocycles. The van der Waals surface area contributed by atoms with Crippen LogP contribution >= 0.6 is 0 Å². The van der Waals surface area contributed by atoms with E-state index in [1.54, 1.807) is 6.92 Å². The molecule has 1 unspecified atom stereocenters. The number of carbonyl (C=O) groups excluding carboxylic acids is 1. The van der Waals surface area contributed by atoms with Gasteiger partial charge in [-0.25, -0.2) is 0 Å². The van der Waals surface area contributed by atoms with E-state index in [0.717, 1.165) is 12.8 Å². The summed E-state index contributed by atoms with van der Waals surface area (Å²) in [6.07, 6.45) is 2.20. The molecule has 0 saturated carbocycles. The van der Waals surface area contributed by atoms with Crippen LogP contribution in [0.25, 0.3) is 0 Å². The van der Waals surface area contributed by atoms with E-state index in [1.807, 2.05) is 6.92 Å². The highest BCUT2D eigenvalue weighted by Crippen LogP contribution is 1.98. The summed E-state index contributed by atoms with van der Waals surface area (Å²) in [5.41, 5.74) is 5.68. The van der Waals surface area contributed by atoms with Crippen LogP contribution in [0.5, 0.6) is 0 Å². The molecule has 0 aliphatic rings. The summed E-state index contributed by atoms with van der Waals surface area (Å²) in [6, 6.07) is -0.239. The van der Waals surface area contributed by atoms with Gasteiger partial charge in [-0.3, -0.25) is 4.79 Å². The fourth-order valence-corrected chi connectivity index (χ4v) is 1.09. The Morgan fingerprint density at radius 2 is 2.23 bits per heavy atom. The first kappa shape index (κ1) is 12.4. The van der Waals surface area contributed by atoms with Crippen molar-refractivity contribution < 1.29 is 9.90 Å². The van der Waals surface area contributed by atoms with Crippen LogP contribution in [0.15, 0.2) is 0 Å². The molecule has 0 saturated heterocycles. The van der Waals surface area contributed by atoms with Crippen LogP contribution in [0.1, 0.15) is 33.1 Å². The lowest BCUT2D eigenvalue weighted by Crippen LogP contribution is -2.38. The lowest BCUT2D eigenvalue weighted by molar-refractivity contribution is -0.122. The zero-order valence-corrected chi connectivity index (χ0v) is 8.42. The number of aliphatic hydroxyl groups excluding tert-OH is 1. The summed E-state index contributed by atoms with van der Waals surface area (Å²) in [5, 5.41) is 11.3. The van der Waals surface area contributed by atoms with Gasteiger partial charge in [0.25, 0.3) is 0 Å². The van der Waals surface area contributed by atoms with Gasteiger partial charge < -0.3 is 16.2 Å². The van der Waals surface area contributed by atoms with Crippen LogP contribution in [-0.4, -0.2) is 29.7 Å². The number of rotatable bonds is 6. The third kappa shape index (κ3) is 6.54. The second kappa shape index (κ2) is 6.86. The van der Waals surface area contributed by atoms with Gasteiger partial charge in [-0.05, 0) is 13.3 Å². The molecule has 0 heterocycles. The minimum absolute atomic E-state index is 0.0330. The van der Waals surface area contributed by atoms with Crippen molar-refractivity contribution in [3.63, 3.8) is 0 Å². The van der Waals surface area contributed by atoms with Gasteiger partial charge in [0.2, 0.25) is 5.91 Å². The van der Waals surface area contributed by atoms with Crippen LogP contribution in [0.2, 0.25) is 0 Å². The highest BCUT2D eigenvalue weighted by molar-refractivity contribution is 5.76. The largest absolute Gasteiger partial charge is 0.394 e. The number of hydrogen-bond donors (Lipinski definition) is 3. The first-order chi connectivity index (χ1) is 6.10. The van der Waals surface area contributed by atoms with Gasteiger partial charge in [-0.1, -0.05) is 13.3 Å². The topological polar surface area (TPSA) is 75.4 Å². The molecule has 4 N–H and O–H groups in total. The van der Waals surface area contributed by atoms with Crippen LogP contribution in [0.3, 0.4) is 0 Å². The predicted molar refractivity (Wildman–Crippen MR) is 52.2 cm³/mol. The molecule has 0 aliphatic heterocycles. The van der Waals surface area contributed by atoms with Crippen molar-refractivity contribution in [1.29, 1.82) is 0 Å². The summed E-state index contributed by atoms with van der Waals surface area (Å²) in [5.74, 6) is -0.0810. The highest BCUT2D eigenvalue weighted by atomic mass is 16.3. The maximum atomic E-state index is 11.2. The van der Waals surface area contributed by atoms with E-state index >= 15 is 0 Å². The zero-order chi connectivity index (χ0) is 10.3. The molecule has 0 rings (SSSR count). The summed E-state index contributed by atoms with van der Waals surface area (Å²) in [4.78, 5) is 11.2. The van der Waals surface area contributed by atoms with E-state index in [0.29, 0.717) is 6.42 Å². The van der Waals surface area contributed by atoms with Crippen molar-refractivity contribution in [3.8, 4) is 0 Å². The Kier molecular flexibility index (Phi) is 6.54. The van der Waals surface area contributed by atoms with Gasteiger partial charge in [0.05, 0.1) is 6.61 Å². The Labute approximate surface area is 79.5 Å². The lowest BCUT2D eigenvalue weighted by Gasteiger charge is -2.13. The van der Waals surface area contributed by atoms with E-state index in [1.165, 1.54) is 0 Å². The summed E-state index contributed by atoms with van der Waals surface area (Å²) in [6.45, 7) is 3.76. The van der Waals surface area contributed by atoms with Crippen molar-refractivity contribution in [3.05, 3.63) is 0 Å². The van der Waals surface area contributed by atoms with Crippen molar-refractivity contribution in [2.24, 2.45) is 5.73 Å². The van der Waals surface area contributed by atoms with Gasteiger partial charge in [-0.15, -0.1) is 0 Å². The smallest absolute Gasteiger partial charge is 0.221 e. The van der Waals surface area contributed by atoms with Gasteiger partial charge in [-0.2, -0.15) is 0 Å². The van der Waals surface area contributed by atoms with Crippen LogP contribution < -0.4 is 11.1 Å². The number of aliphatic hydroxyl groups is 1. The molecule has 13 heavy (non-hydrogen) atoms. The SMILES string of the molecule is CCCC(N)CC(=O)N[C@H](C)CO. The minimum atomic E-state index is -0.179. The molecule has 0 fully saturated rings. The average Bonchev–Trinajstić information content (AvgIpc) is 2.04. The van der Waals surface area contributed by atoms with Crippen molar-refractivity contribution >= 4 is 5.91 Å². The average molecular weight is 188 g/mol. The quantitative estimate of drug-likeness (QED) is 0.549. The molecular weight excluding hydrogens is 168 g/mol. The zero-order valence-electron chi connectivity index (χ0n) is 8.42. The number of hydrogen-bond acceptors (Lipinski definition) is 3. The molecular formula is C9H20N2O2. The normalized spacial score (nSPS) is 15.1. The second-order valence-corrected chi connectivity index (χ2v) is 3.40. The molecule has 4 nitrogen and oxygen atoms in total. The van der Waals surface area contributed by atoms with Gasteiger partial charge >= 0.3 is 0 Å². The molecule has 0 aromatic rings. The molecule has 0 aromatic heterocycles. The molecule has 1 amide bonds. The summed E-state index contributed by atoms with van der Waals surface area (Å²) < 4.78 is 0. The summed E-state index contributed by atoms with van der Waals surface area (Å²) in [7, 11) is 0. The Bertz CT molecular complexity index is 151. The summed E-state index contributed by atoms with van der Waals surface area (Å²) >= 11 is 0. The Morgan fingerprint density at radius 3 is 2.69 bits per heavy atom. The van der Waals surface area contributed by atoms with E-state index in [9.17, 15) is 4.79 Å². The van der Waals surface area contributed by atoms with E-state index < -0.39 is 0 Å². The lowest BCUT2D eigenvalue weighted by atomic mass is 10.1. The molecule has 4 heteroatoms. The van der Waals surface area contributed by atoms with E-state index in [-0.39, 0.29) is 24.6 Å². The Hall–Kier alpha value is -0.610. The second-order valence-electron chi connectivity index (χ2n) is 3.40. The van der Waals surface area contributed by atoms with Gasteiger partial charge in [0, 0.05) is 18.5 Å². The fourth-order valence-electron chi connectivity index (χ4n) is 1.09. The molecule has 78 valence electrons. The number of nitrogens with two attached hydrogens (primary N) is 1. The first-order valence-corrected chi connectivity index (χ1v) is 4.76. The Balaban J connectivity index is 3.61. The molecule has 0 bridgehead atoms. The van der Waals surface area contributed by atoms with Gasteiger partial charge in [0.1, 0.15) is 0 Å². The number of carbonyl (C=O) groups is 1. The minimum Gasteiger partial charge on any atom is -0.394 e. The van der Waals surface area contributed by atoms with Crippen molar-refractivity contribution in [2.45, 2.75) is 45.2 Å². The van der Waals surface area contributed by atoms with Crippen LogP contribution in [0.4, 0.5) is 0 Å². The monoisotopic (exact) mass is 188 g/mol. The van der Waals surface area contributed by atoms with Crippen LogP contribution in [-0.2, 0) is 4.79 Å². The van der Waals surface area contributed by atoms with Crippen LogP contribution in [0, 0.1) is 0 Å². The maximum Gasteiger partial charge on any atom is 0.221 e. The molecule has 0 spiro atoms. The van der Waals surface area contributed by atoms with E-state index in [2.05, 4.69) is 5.32 Å². The predicted octanol–water partition coefficient (Wildman–Crippen LogP) is 0.000900.